The molecule has 1 saturated heterocycles. The molecule has 1 aromatic carbocycles. The summed E-state index contributed by atoms with van der Waals surface area (Å²) in [6.45, 7) is 1.11. The van der Waals surface area contributed by atoms with Crippen LogP contribution in [0.5, 0.6) is 5.75 Å². The van der Waals surface area contributed by atoms with Crippen molar-refractivity contribution in [2.75, 3.05) is 26.7 Å². The predicted octanol–water partition coefficient (Wildman–Crippen LogP) is 1.07. The number of ether oxygens (including phenoxy) is 1. The first kappa shape index (κ1) is 18.5. The van der Waals surface area contributed by atoms with Gasteiger partial charge < -0.3 is 25.6 Å². The maximum atomic E-state index is 14.4. The van der Waals surface area contributed by atoms with Gasteiger partial charge in [0.05, 0.1) is 30.8 Å². The van der Waals surface area contributed by atoms with E-state index in [9.17, 15) is 19.4 Å². The van der Waals surface area contributed by atoms with Gasteiger partial charge in [-0.3, -0.25) is 9.78 Å². The van der Waals surface area contributed by atoms with Gasteiger partial charge in [-0.05, 0) is 31.2 Å². The third-order valence-corrected chi connectivity index (χ3v) is 4.77. The number of carboxylic acid groups (broad SMARTS) is 1. The van der Waals surface area contributed by atoms with Gasteiger partial charge in [-0.25, -0.2) is 4.39 Å². The van der Waals surface area contributed by atoms with Crippen LogP contribution < -0.4 is 15.4 Å². The number of halogens is 1. The van der Waals surface area contributed by atoms with E-state index in [0.29, 0.717) is 36.2 Å². The molecule has 0 aliphatic carbocycles. The molecule has 1 aromatic heterocycles. The molecule has 0 amide bonds. The fraction of sp³-hybridized carbons (Fsp3) is 0.444. The Bertz CT molecular complexity index is 801. The fourth-order valence-electron chi connectivity index (χ4n) is 3.36. The topological polar surface area (TPSA) is 104 Å². The molecule has 0 bridgehead atoms. The number of hydrogen-bond acceptors (Lipinski definition) is 6. The summed E-state index contributed by atoms with van der Waals surface area (Å²) < 4.78 is 19.6. The molecule has 7 nitrogen and oxygen atoms in total. The van der Waals surface area contributed by atoms with Gasteiger partial charge in [0.15, 0.2) is 0 Å². The van der Waals surface area contributed by atoms with Crippen LogP contribution >= 0.6 is 0 Å². The minimum atomic E-state index is -1.14. The monoisotopic (exact) mass is 363 g/mol. The van der Waals surface area contributed by atoms with Gasteiger partial charge in [-0.1, -0.05) is 0 Å². The summed E-state index contributed by atoms with van der Waals surface area (Å²) in [4.78, 5) is 15.4. The molecule has 2 aromatic rings. The second-order valence-corrected chi connectivity index (χ2v) is 6.37. The highest BCUT2D eigenvalue weighted by molar-refractivity contribution is 5.84. The number of pyridine rings is 1. The smallest absolute Gasteiger partial charge is 0.309 e. The number of carboxylic acids is 1. The Hall–Kier alpha value is -2.29. The van der Waals surface area contributed by atoms with Crippen LogP contribution in [0.4, 0.5) is 4.39 Å². The molecule has 3 unspecified atom stereocenters. The van der Waals surface area contributed by atoms with Crippen LogP contribution in [0.2, 0.25) is 0 Å². The van der Waals surface area contributed by atoms with Crippen molar-refractivity contribution in [3.63, 3.8) is 0 Å². The van der Waals surface area contributed by atoms with E-state index in [1.54, 1.807) is 18.2 Å². The number of hydrogen-bond donors (Lipinski definition) is 4. The Morgan fingerprint density at radius 3 is 3.08 bits per heavy atom. The van der Waals surface area contributed by atoms with E-state index in [-0.39, 0.29) is 18.2 Å². The maximum Gasteiger partial charge on any atom is 0.309 e. The number of aromatic nitrogens is 1. The standard InChI is InChI=1S/C18H22FN3O4/c1-26-10-2-3-14-11(6-10)17(13(19)8-21-14)16(23)9-22-15-4-5-20-7-12(15)18(24)25/h2-3,6,8,12,15-16,20,22-23H,4-5,7,9H2,1H3,(H,24,25). The molecule has 1 fully saturated rings. The van der Waals surface area contributed by atoms with Crippen molar-refractivity contribution in [2.45, 2.75) is 18.6 Å². The first-order chi connectivity index (χ1) is 12.5. The Kier molecular flexibility index (Phi) is 5.65. The summed E-state index contributed by atoms with van der Waals surface area (Å²) in [7, 11) is 1.51. The molecule has 26 heavy (non-hydrogen) atoms. The zero-order chi connectivity index (χ0) is 18.7. The normalized spacial score (nSPS) is 21.5. The number of methoxy groups -OCH3 is 1. The second-order valence-electron chi connectivity index (χ2n) is 6.37. The number of nitrogens with zero attached hydrogens (tertiary/aromatic N) is 1. The number of carbonyl (C=O) groups is 1. The first-order valence-corrected chi connectivity index (χ1v) is 8.48. The van der Waals surface area contributed by atoms with Crippen LogP contribution in [0.3, 0.4) is 0 Å². The number of aliphatic hydroxyl groups is 1. The quantitative estimate of drug-likeness (QED) is 0.609. The molecule has 0 saturated carbocycles. The highest BCUT2D eigenvalue weighted by Crippen LogP contribution is 2.29. The number of fused-ring (bicyclic) bond motifs is 1. The van der Waals surface area contributed by atoms with Crippen LogP contribution in [0.15, 0.2) is 24.4 Å². The Balaban J connectivity index is 1.82. The molecule has 4 N–H and O–H groups in total. The number of aliphatic hydroxyl groups excluding tert-OH is 1. The molecule has 0 radical (unpaired) electrons. The summed E-state index contributed by atoms with van der Waals surface area (Å²) in [6.07, 6.45) is 0.562. The van der Waals surface area contributed by atoms with Gasteiger partial charge in [0, 0.05) is 30.1 Å². The van der Waals surface area contributed by atoms with Crippen molar-refractivity contribution in [1.82, 2.24) is 15.6 Å². The Labute approximate surface area is 150 Å². The van der Waals surface area contributed by atoms with Crippen LogP contribution in [-0.4, -0.2) is 54.0 Å². The van der Waals surface area contributed by atoms with Gasteiger partial charge in [0.1, 0.15) is 11.6 Å². The van der Waals surface area contributed by atoms with Crippen molar-refractivity contribution in [3.05, 3.63) is 35.8 Å². The summed E-state index contributed by atoms with van der Waals surface area (Å²) >= 11 is 0. The van der Waals surface area contributed by atoms with Crippen molar-refractivity contribution < 1.29 is 24.1 Å². The number of rotatable bonds is 6. The van der Waals surface area contributed by atoms with Crippen LogP contribution in [0.1, 0.15) is 18.1 Å². The molecule has 3 atom stereocenters. The number of benzene rings is 1. The highest BCUT2D eigenvalue weighted by atomic mass is 19.1. The number of aliphatic carboxylic acids is 1. The van der Waals surface area contributed by atoms with E-state index in [1.807, 2.05) is 0 Å². The van der Waals surface area contributed by atoms with E-state index >= 15 is 0 Å². The van der Waals surface area contributed by atoms with Gasteiger partial charge in [0.2, 0.25) is 0 Å². The average Bonchev–Trinajstić information content (AvgIpc) is 2.65. The summed E-state index contributed by atoms with van der Waals surface area (Å²) in [5, 5.41) is 26.5. The van der Waals surface area contributed by atoms with Crippen molar-refractivity contribution in [3.8, 4) is 5.75 Å². The lowest BCUT2D eigenvalue weighted by atomic mass is 9.93. The summed E-state index contributed by atoms with van der Waals surface area (Å²) in [5.74, 6) is -1.56. The molecule has 0 spiro atoms. The van der Waals surface area contributed by atoms with Crippen molar-refractivity contribution in [1.29, 1.82) is 0 Å². The van der Waals surface area contributed by atoms with E-state index in [0.717, 1.165) is 6.20 Å². The molecule has 1 aliphatic rings. The maximum absolute atomic E-state index is 14.4. The number of nitrogens with one attached hydrogen (secondary N) is 2. The Morgan fingerprint density at radius 2 is 2.35 bits per heavy atom. The third kappa shape index (κ3) is 3.77. The lowest BCUT2D eigenvalue weighted by molar-refractivity contribution is -0.143. The van der Waals surface area contributed by atoms with E-state index in [2.05, 4.69) is 15.6 Å². The van der Waals surface area contributed by atoms with Crippen LogP contribution in [-0.2, 0) is 4.79 Å². The Morgan fingerprint density at radius 1 is 1.54 bits per heavy atom. The predicted molar refractivity (Wildman–Crippen MR) is 93.6 cm³/mol. The van der Waals surface area contributed by atoms with Crippen LogP contribution in [0.25, 0.3) is 10.9 Å². The molecule has 1 aliphatic heterocycles. The second kappa shape index (κ2) is 7.94. The van der Waals surface area contributed by atoms with E-state index < -0.39 is 23.8 Å². The molecule has 3 rings (SSSR count). The fourth-order valence-corrected chi connectivity index (χ4v) is 3.36. The summed E-state index contributed by atoms with van der Waals surface area (Å²) in [6, 6.07) is 4.77. The highest BCUT2D eigenvalue weighted by Gasteiger charge is 2.31. The lowest BCUT2D eigenvalue weighted by Crippen LogP contribution is -2.51. The first-order valence-electron chi connectivity index (χ1n) is 8.48. The van der Waals surface area contributed by atoms with Gasteiger partial charge in [-0.15, -0.1) is 0 Å². The van der Waals surface area contributed by atoms with E-state index in [1.165, 1.54) is 7.11 Å². The van der Waals surface area contributed by atoms with E-state index in [4.69, 9.17) is 4.74 Å². The molecule has 8 heteroatoms. The lowest BCUT2D eigenvalue weighted by Gasteiger charge is -2.31. The molecular weight excluding hydrogens is 341 g/mol. The molecule has 140 valence electrons. The third-order valence-electron chi connectivity index (χ3n) is 4.77. The molecule has 2 heterocycles. The largest absolute Gasteiger partial charge is 0.497 e. The van der Waals surface area contributed by atoms with Crippen LogP contribution in [0, 0.1) is 11.7 Å². The minimum Gasteiger partial charge on any atom is -0.497 e. The van der Waals surface area contributed by atoms with Gasteiger partial charge in [0.25, 0.3) is 0 Å². The number of piperidine rings is 1. The summed E-state index contributed by atoms with van der Waals surface area (Å²) in [5.41, 5.74) is 0.675. The van der Waals surface area contributed by atoms with Crippen molar-refractivity contribution >= 4 is 16.9 Å². The minimum absolute atomic E-state index is 0.0433. The SMILES string of the molecule is COc1ccc2ncc(F)c(C(O)CNC3CCNCC3C(=O)O)c2c1. The van der Waals surface area contributed by atoms with Crippen molar-refractivity contribution in [2.24, 2.45) is 5.92 Å². The zero-order valence-corrected chi connectivity index (χ0v) is 14.4. The van der Waals surface area contributed by atoms with Gasteiger partial charge in [-0.2, -0.15) is 0 Å². The molecular formula is C18H22FN3O4. The average molecular weight is 363 g/mol. The van der Waals surface area contributed by atoms with Gasteiger partial charge >= 0.3 is 5.97 Å². The zero-order valence-electron chi connectivity index (χ0n) is 14.4.